The van der Waals surface area contributed by atoms with Gasteiger partial charge in [-0.25, -0.2) is 8.78 Å². The van der Waals surface area contributed by atoms with Gasteiger partial charge < -0.3 is 9.84 Å². The van der Waals surface area contributed by atoms with Gasteiger partial charge in [-0.05, 0) is 13.0 Å². The van der Waals surface area contributed by atoms with Gasteiger partial charge in [-0.3, -0.25) is 0 Å². The van der Waals surface area contributed by atoms with E-state index in [4.69, 9.17) is 5.11 Å². The molecule has 2 nitrogen and oxygen atoms in total. The summed E-state index contributed by atoms with van der Waals surface area (Å²) in [5.74, 6) is -1.52. The number of benzene rings is 1. The second kappa shape index (κ2) is 3.70. The summed E-state index contributed by atoms with van der Waals surface area (Å²) in [7, 11) is 1.25. The van der Waals surface area contributed by atoms with Gasteiger partial charge in [-0.15, -0.1) is 0 Å². The molecule has 0 radical (unpaired) electrons. The lowest BCUT2D eigenvalue weighted by Gasteiger charge is -2.08. The van der Waals surface area contributed by atoms with Crippen LogP contribution >= 0.6 is 0 Å². The van der Waals surface area contributed by atoms with Crippen molar-refractivity contribution in [3.8, 4) is 5.75 Å². The van der Waals surface area contributed by atoms with Crippen molar-refractivity contribution in [2.75, 3.05) is 7.11 Å². The van der Waals surface area contributed by atoms with Crippen LogP contribution in [0.4, 0.5) is 8.78 Å². The summed E-state index contributed by atoms with van der Waals surface area (Å²) < 4.78 is 30.6. The lowest BCUT2D eigenvalue weighted by molar-refractivity contribution is 0.193. The minimum Gasteiger partial charge on any atom is -0.494 e. The summed E-state index contributed by atoms with van der Waals surface area (Å²) in [5, 5.41) is 9.05. The number of halogens is 2. The maximum absolute atomic E-state index is 13.1. The zero-order chi connectivity index (χ0) is 10.0. The molecule has 1 atom stereocenters. The van der Waals surface area contributed by atoms with Crippen molar-refractivity contribution in [1.29, 1.82) is 0 Å². The highest BCUT2D eigenvalue weighted by atomic mass is 19.1. The number of hydrogen-bond acceptors (Lipinski definition) is 2. The Bertz CT molecular complexity index is 311. The molecule has 0 bridgehead atoms. The molecule has 4 heteroatoms. The molecule has 1 N–H and O–H groups in total. The average Bonchev–Trinajstić information content (AvgIpc) is 2.07. The Hall–Kier alpha value is -1.16. The zero-order valence-electron chi connectivity index (χ0n) is 7.34. The van der Waals surface area contributed by atoms with Crippen molar-refractivity contribution < 1.29 is 18.6 Å². The number of hydrogen-bond donors (Lipinski definition) is 1. The van der Waals surface area contributed by atoms with Crippen molar-refractivity contribution in [2.45, 2.75) is 13.0 Å². The predicted octanol–water partition coefficient (Wildman–Crippen LogP) is 2.03. The number of aliphatic hydroxyl groups is 1. The number of aliphatic hydroxyl groups excluding tert-OH is 1. The van der Waals surface area contributed by atoms with Crippen molar-refractivity contribution in [3.63, 3.8) is 0 Å². The van der Waals surface area contributed by atoms with Crippen LogP contribution in [0.2, 0.25) is 0 Å². The van der Waals surface area contributed by atoms with Crippen LogP contribution in [-0.2, 0) is 0 Å². The van der Waals surface area contributed by atoms with Crippen molar-refractivity contribution in [3.05, 3.63) is 29.3 Å². The second-order valence-corrected chi connectivity index (χ2v) is 2.68. The van der Waals surface area contributed by atoms with Gasteiger partial charge in [0, 0.05) is 11.6 Å². The van der Waals surface area contributed by atoms with E-state index >= 15 is 0 Å². The van der Waals surface area contributed by atoms with Gasteiger partial charge >= 0.3 is 0 Å². The van der Waals surface area contributed by atoms with E-state index in [9.17, 15) is 8.78 Å². The van der Waals surface area contributed by atoms with E-state index in [1.54, 1.807) is 0 Å². The van der Waals surface area contributed by atoms with Crippen LogP contribution < -0.4 is 4.74 Å². The van der Waals surface area contributed by atoms with E-state index < -0.39 is 17.7 Å². The van der Waals surface area contributed by atoms with Crippen LogP contribution in [0.25, 0.3) is 0 Å². The minimum absolute atomic E-state index is 0.0710. The molecule has 0 aliphatic rings. The normalized spacial score (nSPS) is 12.7. The summed E-state index contributed by atoms with van der Waals surface area (Å²) >= 11 is 0. The molecule has 1 rings (SSSR count). The molecule has 0 aromatic heterocycles. The molecule has 0 spiro atoms. The number of rotatable bonds is 2. The zero-order valence-corrected chi connectivity index (χ0v) is 7.34. The molecule has 1 aromatic rings. The molecule has 0 saturated carbocycles. The van der Waals surface area contributed by atoms with Gasteiger partial charge in [0.2, 0.25) is 0 Å². The molecule has 0 amide bonds. The molecule has 0 fully saturated rings. The number of methoxy groups -OCH3 is 1. The van der Waals surface area contributed by atoms with Crippen LogP contribution in [0.1, 0.15) is 18.6 Å². The summed E-state index contributed by atoms with van der Waals surface area (Å²) in [6.45, 7) is 1.37. The second-order valence-electron chi connectivity index (χ2n) is 2.68. The van der Waals surface area contributed by atoms with Crippen LogP contribution in [0.5, 0.6) is 5.75 Å². The SMILES string of the molecule is COc1cc(F)c(C(C)O)cc1F. The molecule has 0 aliphatic carbocycles. The Labute approximate surface area is 74.8 Å². The highest BCUT2D eigenvalue weighted by molar-refractivity contribution is 5.31. The highest BCUT2D eigenvalue weighted by Gasteiger charge is 2.13. The fourth-order valence-corrected chi connectivity index (χ4v) is 1.02. The largest absolute Gasteiger partial charge is 0.494 e. The highest BCUT2D eigenvalue weighted by Crippen LogP contribution is 2.24. The van der Waals surface area contributed by atoms with Crippen molar-refractivity contribution in [2.24, 2.45) is 0 Å². The van der Waals surface area contributed by atoms with Crippen LogP contribution in [0.15, 0.2) is 12.1 Å². The van der Waals surface area contributed by atoms with Gasteiger partial charge in [0.1, 0.15) is 5.82 Å². The van der Waals surface area contributed by atoms with E-state index in [0.717, 1.165) is 12.1 Å². The first-order chi connectivity index (χ1) is 6.06. The van der Waals surface area contributed by atoms with Crippen molar-refractivity contribution in [1.82, 2.24) is 0 Å². The molecule has 0 heterocycles. The molecule has 72 valence electrons. The summed E-state index contributed by atoms with van der Waals surface area (Å²) in [5.41, 5.74) is -0.0710. The molecule has 13 heavy (non-hydrogen) atoms. The smallest absolute Gasteiger partial charge is 0.165 e. The van der Waals surface area contributed by atoms with E-state index in [1.165, 1.54) is 14.0 Å². The summed E-state index contributed by atoms with van der Waals surface area (Å²) in [6, 6.07) is 1.84. The van der Waals surface area contributed by atoms with Gasteiger partial charge in [0.15, 0.2) is 11.6 Å². The van der Waals surface area contributed by atoms with Crippen LogP contribution in [0.3, 0.4) is 0 Å². The molecule has 0 aliphatic heterocycles. The lowest BCUT2D eigenvalue weighted by atomic mass is 10.1. The summed E-state index contributed by atoms with van der Waals surface area (Å²) in [6.07, 6.45) is -1.03. The van der Waals surface area contributed by atoms with Gasteiger partial charge in [0.25, 0.3) is 0 Å². The molecular formula is C9H10F2O2. The van der Waals surface area contributed by atoms with Crippen LogP contribution in [-0.4, -0.2) is 12.2 Å². The third-order valence-corrected chi connectivity index (χ3v) is 1.72. The van der Waals surface area contributed by atoms with E-state index in [1.807, 2.05) is 0 Å². The number of ether oxygens (including phenoxy) is 1. The third kappa shape index (κ3) is 1.95. The van der Waals surface area contributed by atoms with Crippen molar-refractivity contribution >= 4 is 0 Å². The Balaban J connectivity index is 3.20. The van der Waals surface area contributed by atoms with E-state index in [2.05, 4.69) is 4.74 Å². The Morgan fingerprint density at radius 2 is 1.92 bits per heavy atom. The lowest BCUT2D eigenvalue weighted by Crippen LogP contribution is -1.99. The molecule has 1 unspecified atom stereocenters. The quantitative estimate of drug-likeness (QED) is 0.769. The van der Waals surface area contributed by atoms with Crippen LogP contribution in [0, 0.1) is 11.6 Å². The minimum atomic E-state index is -1.03. The topological polar surface area (TPSA) is 29.5 Å². The fourth-order valence-electron chi connectivity index (χ4n) is 1.02. The Morgan fingerprint density at radius 3 is 2.38 bits per heavy atom. The average molecular weight is 188 g/mol. The van der Waals surface area contributed by atoms with Gasteiger partial charge in [-0.1, -0.05) is 0 Å². The summed E-state index contributed by atoms with van der Waals surface area (Å²) in [4.78, 5) is 0. The first-order valence-corrected chi connectivity index (χ1v) is 3.77. The van der Waals surface area contributed by atoms with Gasteiger partial charge in [0.05, 0.1) is 13.2 Å². The van der Waals surface area contributed by atoms with E-state index in [-0.39, 0.29) is 11.3 Å². The predicted molar refractivity (Wildman–Crippen MR) is 43.5 cm³/mol. The van der Waals surface area contributed by atoms with Gasteiger partial charge in [-0.2, -0.15) is 0 Å². The standard InChI is InChI=1S/C9H10F2O2/c1-5(12)6-3-8(11)9(13-2)4-7(6)10/h3-5,12H,1-2H3. The maximum atomic E-state index is 13.1. The first kappa shape index (κ1) is 9.92. The monoisotopic (exact) mass is 188 g/mol. The fraction of sp³-hybridized carbons (Fsp3) is 0.333. The molecular weight excluding hydrogens is 178 g/mol. The molecule has 0 saturated heterocycles. The van der Waals surface area contributed by atoms with E-state index in [0.29, 0.717) is 0 Å². The first-order valence-electron chi connectivity index (χ1n) is 3.77. The maximum Gasteiger partial charge on any atom is 0.165 e. The third-order valence-electron chi connectivity index (χ3n) is 1.72. The Kier molecular flexibility index (Phi) is 2.83. The molecule has 1 aromatic carbocycles. The Morgan fingerprint density at radius 1 is 1.31 bits per heavy atom.